The zero-order valence-corrected chi connectivity index (χ0v) is 9.87. The van der Waals surface area contributed by atoms with Crippen molar-refractivity contribution >= 4 is 11.9 Å². The molecule has 0 bridgehead atoms. The van der Waals surface area contributed by atoms with Crippen molar-refractivity contribution in [1.82, 2.24) is 19.6 Å². The third kappa shape index (κ3) is 2.69. The summed E-state index contributed by atoms with van der Waals surface area (Å²) in [4.78, 5) is 11.8. The van der Waals surface area contributed by atoms with E-state index in [1.807, 2.05) is 20.2 Å². The van der Waals surface area contributed by atoms with Crippen molar-refractivity contribution in [3.05, 3.63) is 42.0 Å². The fourth-order valence-electron chi connectivity index (χ4n) is 1.45. The minimum absolute atomic E-state index is 0.0962. The van der Waals surface area contributed by atoms with Crippen LogP contribution in [-0.2, 0) is 13.6 Å². The number of hydrogen-bond acceptors (Lipinski definition) is 3. The molecule has 0 aromatic carbocycles. The quantitative estimate of drug-likeness (QED) is 0.591. The Hall–Kier alpha value is -2.17. The highest BCUT2D eigenvalue weighted by Crippen LogP contribution is 2.03. The molecule has 0 spiro atoms. The molecule has 0 saturated heterocycles. The van der Waals surface area contributed by atoms with E-state index in [9.17, 15) is 4.79 Å². The Bertz CT molecular complexity index is 550. The Morgan fingerprint density at radius 1 is 1.53 bits per heavy atom. The zero-order chi connectivity index (χ0) is 12.3. The van der Waals surface area contributed by atoms with Crippen LogP contribution in [0.3, 0.4) is 0 Å². The van der Waals surface area contributed by atoms with Crippen LogP contribution in [0.15, 0.2) is 30.7 Å². The van der Waals surface area contributed by atoms with Gasteiger partial charge in [0.15, 0.2) is 0 Å². The third-order valence-corrected chi connectivity index (χ3v) is 2.37. The van der Waals surface area contributed by atoms with E-state index in [2.05, 4.69) is 10.2 Å². The lowest BCUT2D eigenvalue weighted by molar-refractivity contribution is 0.104. The van der Waals surface area contributed by atoms with Crippen LogP contribution in [0, 0.1) is 0 Å². The lowest BCUT2D eigenvalue weighted by Gasteiger charge is -1.91. The molecule has 5 heteroatoms. The van der Waals surface area contributed by atoms with Gasteiger partial charge in [-0.25, -0.2) is 0 Å². The summed E-state index contributed by atoms with van der Waals surface area (Å²) in [7, 11) is 1.84. The maximum atomic E-state index is 11.8. The number of carbonyl (C=O) groups is 1. The second-order valence-corrected chi connectivity index (χ2v) is 3.70. The SMILES string of the molecule is CCn1ccc(C(=O)/C=C/c2cnn(C)c2)n1. The Kier molecular flexibility index (Phi) is 3.18. The summed E-state index contributed by atoms with van der Waals surface area (Å²) in [6, 6.07) is 1.72. The second-order valence-electron chi connectivity index (χ2n) is 3.70. The molecule has 2 heterocycles. The minimum atomic E-state index is -0.0962. The van der Waals surface area contributed by atoms with Crippen LogP contribution in [0.5, 0.6) is 0 Å². The lowest BCUT2D eigenvalue weighted by atomic mass is 10.2. The van der Waals surface area contributed by atoms with Gasteiger partial charge in [0.1, 0.15) is 5.69 Å². The topological polar surface area (TPSA) is 52.7 Å². The molecule has 0 N–H and O–H groups in total. The van der Waals surface area contributed by atoms with Gasteiger partial charge < -0.3 is 0 Å². The Morgan fingerprint density at radius 3 is 2.94 bits per heavy atom. The molecule has 2 aromatic rings. The molecule has 17 heavy (non-hydrogen) atoms. The highest BCUT2D eigenvalue weighted by Gasteiger charge is 2.05. The monoisotopic (exact) mass is 230 g/mol. The number of hydrogen-bond donors (Lipinski definition) is 0. The van der Waals surface area contributed by atoms with Gasteiger partial charge in [-0.05, 0) is 25.1 Å². The van der Waals surface area contributed by atoms with E-state index in [1.165, 1.54) is 6.08 Å². The van der Waals surface area contributed by atoms with Gasteiger partial charge in [0.2, 0.25) is 5.78 Å². The van der Waals surface area contributed by atoms with Gasteiger partial charge in [-0.2, -0.15) is 10.2 Å². The van der Waals surface area contributed by atoms with Gasteiger partial charge in [0.05, 0.1) is 6.20 Å². The van der Waals surface area contributed by atoms with E-state index in [0.717, 1.165) is 12.1 Å². The van der Waals surface area contributed by atoms with Crippen molar-refractivity contribution in [3.63, 3.8) is 0 Å². The van der Waals surface area contributed by atoms with Crippen LogP contribution in [-0.4, -0.2) is 25.3 Å². The van der Waals surface area contributed by atoms with Crippen LogP contribution >= 0.6 is 0 Å². The molecule has 5 nitrogen and oxygen atoms in total. The predicted molar refractivity (Wildman–Crippen MR) is 64.5 cm³/mol. The molecule has 0 saturated carbocycles. The van der Waals surface area contributed by atoms with Gasteiger partial charge >= 0.3 is 0 Å². The Balaban J connectivity index is 2.08. The normalized spacial score (nSPS) is 11.2. The molecule has 0 atom stereocenters. The molecular weight excluding hydrogens is 216 g/mol. The minimum Gasteiger partial charge on any atom is -0.287 e. The van der Waals surface area contributed by atoms with Crippen molar-refractivity contribution < 1.29 is 4.79 Å². The first-order valence-corrected chi connectivity index (χ1v) is 5.43. The van der Waals surface area contributed by atoms with Gasteiger partial charge in [0, 0.05) is 31.5 Å². The second kappa shape index (κ2) is 4.78. The number of allylic oxidation sites excluding steroid dienone is 1. The summed E-state index contributed by atoms with van der Waals surface area (Å²) in [5.74, 6) is -0.0962. The third-order valence-electron chi connectivity index (χ3n) is 2.37. The van der Waals surface area contributed by atoms with E-state index in [-0.39, 0.29) is 5.78 Å². The summed E-state index contributed by atoms with van der Waals surface area (Å²) < 4.78 is 3.42. The summed E-state index contributed by atoms with van der Waals surface area (Å²) in [6.07, 6.45) is 8.59. The van der Waals surface area contributed by atoms with E-state index < -0.39 is 0 Å². The van der Waals surface area contributed by atoms with E-state index in [0.29, 0.717) is 5.69 Å². The van der Waals surface area contributed by atoms with Crippen LogP contribution in [0.2, 0.25) is 0 Å². The number of aryl methyl sites for hydroxylation is 2. The molecule has 0 aliphatic heterocycles. The zero-order valence-electron chi connectivity index (χ0n) is 9.87. The van der Waals surface area contributed by atoms with Crippen molar-refractivity contribution in [3.8, 4) is 0 Å². The standard InChI is InChI=1S/C12H14N4O/c1-3-16-7-6-11(14-16)12(17)5-4-10-8-13-15(2)9-10/h4-9H,3H2,1-2H3/b5-4+. The van der Waals surface area contributed by atoms with Crippen LogP contribution in [0.25, 0.3) is 6.08 Å². The number of ketones is 1. The molecule has 2 aromatic heterocycles. The molecule has 0 fully saturated rings. The van der Waals surface area contributed by atoms with Gasteiger partial charge in [-0.15, -0.1) is 0 Å². The number of rotatable bonds is 4. The van der Waals surface area contributed by atoms with Gasteiger partial charge in [-0.1, -0.05) is 0 Å². The first kappa shape index (κ1) is 11.3. The summed E-state index contributed by atoms with van der Waals surface area (Å²) in [6.45, 7) is 2.74. The first-order valence-electron chi connectivity index (χ1n) is 5.43. The average Bonchev–Trinajstić information content (AvgIpc) is 2.94. The van der Waals surface area contributed by atoms with Crippen molar-refractivity contribution in [2.75, 3.05) is 0 Å². The van der Waals surface area contributed by atoms with E-state index >= 15 is 0 Å². The van der Waals surface area contributed by atoms with Gasteiger partial charge in [-0.3, -0.25) is 14.2 Å². The van der Waals surface area contributed by atoms with Crippen LogP contribution in [0.1, 0.15) is 23.0 Å². The Morgan fingerprint density at radius 2 is 2.35 bits per heavy atom. The molecule has 2 rings (SSSR count). The smallest absolute Gasteiger partial charge is 0.206 e. The molecule has 0 aliphatic carbocycles. The van der Waals surface area contributed by atoms with E-state index in [1.54, 1.807) is 33.9 Å². The fourth-order valence-corrected chi connectivity index (χ4v) is 1.45. The number of aromatic nitrogens is 4. The summed E-state index contributed by atoms with van der Waals surface area (Å²) >= 11 is 0. The molecule has 0 unspecified atom stereocenters. The van der Waals surface area contributed by atoms with Crippen molar-refractivity contribution in [1.29, 1.82) is 0 Å². The van der Waals surface area contributed by atoms with Crippen LogP contribution < -0.4 is 0 Å². The van der Waals surface area contributed by atoms with Gasteiger partial charge in [0.25, 0.3) is 0 Å². The molecule has 0 amide bonds. The first-order chi connectivity index (χ1) is 8.19. The average molecular weight is 230 g/mol. The Labute approximate surface area is 99.4 Å². The van der Waals surface area contributed by atoms with Crippen molar-refractivity contribution in [2.24, 2.45) is 7.05 Å². The molecule has 88 valence electrons. The highest BCUT2D eigenvalue weighted by atomic mass is 16.1. The number of nitrogens with zero attached hydrogens (tertiary/aromatic N) is 4. The van der Waals surface area contributed by atoms with Crippen LogP contribution in [0.4, 0.5) is 0 Å². The highest BCUT2D eigenvalue weighted by molar-refractivity contribution is 6.05. The summed E-state index contributed by atoms with van der Waals surface area (Å²) in [5.41, 5.74) is 1.36. The van der Waals surface area contributed by atoms with E-state index in [4.69, 9.17) is 0 Å². The molecular formula is C12H14N4O. The summed E-state index contributed by atoms with van der Waals surface area (Å²) in [5, 5.41) is 8.16. The van der Waals surface area contributed by atoms with Crippen molar-refractivity contribution in [2.45, 2.75) is 13.5 Å². The maximum absolute atomic E-state index is 11.8. The largest absolute Gasteiger partial charge is 0.287 e. The number of carbonyl (C=O) groups excluding carboxylic acids is 1. The molecule has 0 radical (unpaired) electrons. The fraction of sp³-hybridized carbons (Fsp3) is 0.250. The lowest BCUT2D eigenvalue weighted by Crippen LogP contribution is -1.99. The predicted octanol–water partition coefficient (Wildman–Crippen LogP) is 1.53. The molecule has 0 aliphatic rings. The maximum Gasteiger partial charge on any atom is 0.206 e.